The third-order valence-corrected chi connectivity index (χ3v) is 7.50. The highest BCUT2D eigenvalue weighted by Gasteiger charge is 2.50. The largest absolute Gasteiger partial charge is 0.449 e. The van der Waals surface area contributed by atoms with E-state index in [0.29, 0.717) is 23.9 Å². The van der Waals surface area contributed by atoms with Gasteiger partial charge in [-0.3, -0.25) is 10.1 Å². The summed E-state index contributed by atoms with van der Waals surface area (Å²) in [5.41, 5.74) is 1.14. The van der Waals surface area contributed by atoms with Crippen molar-refractivity contribution in [2.24, 2.45) is 5.41 Å². The number of aliphatic hydroxyl groups is 1. The lowest BCUT2D eigenvalue weighted by Crippen LogP contribution is -2.50. The summed E-state index contributed by atoms with van der Waals surface area (Å²) in [6, 6.07) is 5.74. The van der Waals surface area contributed by atoms with E-state index < -0.39 is 6.09 Å². The maximum Gasteiger partial charge on any atom is 0.411 e. The Morgan fingerprint density at radius 3 is 2.75 bits per heavy atom. The minimum absolute atomic E-state index is 0.212. The number of anilines is 2. The van der Waals surface area contributed by atoms with Crippen molar-refractivity contribution in [3.63, 3.8) is 0 Å². The number of carbonyl (C=O) groups is 2. The number of ether oxygens (including phenoxy) is 1. The molecule has 2 saturated heterocycles. The molecule has 0 aromatic heterocycles. The SMILES string of the molecule is CCCOC(=O)Nc1ccc(N2CCCC3(CCN(C4CCC(O)CC4)C3=O)C2)c(Cl)c1. The average Bonchev–Trinajstić information content (AvgIpc) is 3.08. The fourth-order valence-corrected chi connectivity index (χ4v) is 5.77. The van der Waals surface area contributed by atoms with Crippen LogP contribution in [0.15, 0.2) is 18.2 Å². The van der Waals surface area contributed by atoms with Gasteiger partial charge < -0.3 is 19.6 Å². The standard InChI is InChI=1S/C24H34ClN3O4/c1-2-14-32-23(31)26-17-4-9-21(20(25)15-17)27-12-3-10-24(16-27)11-13-28(22(24)30)18-5-7-19(29)8-6-18/h4,9,15,18-19,29H,2-3,5-8,10-14,16H2,1H3,(H,26,31). The van der Waals surface area contributed by atoms with Crippen molar-refractivity contribution < 1.29 is 19.4 Å². The summed E-state index contributed by atoms with van der Waals surface area (Å²) in [6.07, 6.45) is 6.17. The van der Waals surface area contributed by atoms with E-state index in [0.717, 1.165) is 70.1 Å². The first-order chi connectivity index (χ1) is 15.4. The quantitative estimate of drug-likeness (QED) is 0.675. The molecule has 2 N–H and O–H groups in total. The van der Waals surface area contributed by atoms with Crippen molar-refractivity contribution in [3.05, 3.63) is 23.2 Å². The predicted octanol–water partition coefficient (Wildman–Crippen LogP) is 4.42. The van der Waals surface area contributed by atoms with Crippen molar-refractivity contribution in [1.82, 2.24) is 4.90 Å². The van der Waals surface area contributed by atoms with Crippen LogP contribution in [-0.2, 0) is 9.53 Å². The zero-order chi connectivity index (χ0) is 22.7. The van der Waals surface area contributed by atoms with Gasteiger partial charge in [-0.15, -0.1) is 0 Å². The van der Waals surface area contributed by atoms with Gasteiger partial charge in [0.05, 0.1) is 28.8 Å². The molecule has 1 atom stereocenters. The van der Waals surface area contributed by atoms with Gasteiger partial charge in [-0.25, -0.2) is 4.79 Å². The number of rotatable bonds is 5. The van der Waals surface area contributed by atoms with E-state index in [9.17, 15) is 14.7 Å². The number of piperidine rings is 1. The van der Waals surface area contributed by atoms with E-state index >= 15 is 0 Å². The smallest absolute Gasteiger partial charge is 0.411 e. The first-order valence-corrected chi connectivity index (χ1v) is 12.3. The molecule has 1 aliphatic carbocycles. The summed E-state index contributed by atoms with van der Waals surface area (Å²) in [5.74, 6) is 0.275. The number of aliphatic hydroxyl groups excluding tert-OH is 1. The summed E-state index contributed by atoms with van der Waals surface area (Å²) < 4.78 is 5.06. The number of nitrogens with one attached hydrogen (secondary N) is 1. The molecular formula is C24H34ClN3O4. The third kappa shape index (κ3) is 4.84. The van der Waals surface area contributed by atoms with Crippen LogP contribution in [0.2, 0.25) is 5.02 Å². The summed E-state index contributed by atoms with van der Waals surface area (Å²) in [5, 5.41) is 13.1. The Labute approximate surface area is 195 Å². The molecular weight excluding hydrogens is 430 g/mol. The summed E-state index contributed by atoms with van der Waals surface area (Å²) in [7, 11) is 0. The molecule has 8 heteroatoms. The Morgan fingerprint density at radius 2 is 2.03 bits per heavy atom. The highest BCUT2D eigenvalue weighted by molar-refractivity contribution is 6.33. The molecule has 1 aromatic carbocycles. The second-order valence-electron chi connectivity index (χ2n) is 9.44. The normalized spacial score (nSPS) is 28.3. The number of amides is 2. The molecule has 2 heterocycles. The summed E-state index contributed by atoms with van der Waals surface area (Å²) in [4.78, 5) is 29.6. The number of hydrogen-bond acceptors (Lipinski definition) is 5. The fraction of sp³-hybridized carbons (Fsp3) is 0.667. The van der Waals surface area contributed by atoms with Crippen LogP contribution in [0, 0.1) is 5.41 Å². The summed E-state index contributed by atoms with van der Waals surface area (Å²) in [6.45, 7) is 4.65. The molecule has 32 heavy (non-hydrogen) atoms. The second kappa shape index (κ2) is 9.87. The Bertz CT molecular complexity index is 843. The molecule has 2 amide bonds. The molecule has 0 bridgehead atoms. The Morgan fingerprint density at radius 1 is 1.25 bits per heavy atom. The van der Waals surface area contributed by atoms with Crippen molar-refractivity contribution in [2.75, 3.05) is 36.5 Å². The maximum atomic E-state index is 13.5. The first kappa shape index (κ1) is 23.2. The van der Waals surface area contributed by atoms with E-state index in [1.807, 2.05) is 19.1 Å². The molecule has 176 valence electrons. The fourth-order valence-electron chi connectivity index (χ4n) is 5.47. The lowest BCUT2D eigenvalue weighted by Gasteiger charge is -2.41. The minimum atomic E-state index is -0.487. The number of benzene rings is 1. The van der Waals surface area contributed by atoms with E-state index in [1.54, 1.807) is 6.07 Å². The molecule has 4 rings (SSSR count). The van der Waals surface area contributed by atoms with Crippen LogP contribution in [0.1, 0.15) is 58.3 Å². The molecule has 7 nitrogen and oxygen atoms in total. The maximum absolute atomic E-state index is 13.5. The Balaban J connectivity index is 1.42. The molecule has 1 saturated carbocycles. The van der Waals surface area contributed by atoms with Gasteiger partial charge in [-0.05, 0) is 69.6 Å². The van der Waals surface area contributed by atoms with Gasteiger partial charge >= 0.3 is 6.09 Å². The van der Waals surface area contributed by atoms with Crippen molar-refractivity contribution in [3.8, 4) is 0 Å². The molecule has 1 unspecified atom stereocenters. The number of carbonyl (C=O) groups excluding carboxylic acids is 2. The van der Waals surface area contributed by atoms with Gasteiger partial charge in [-0.2, -0.15) is 0 Å². The van der Waals surface area contributed by atoms with Gasteiger partial charge in [-0.1, -0.05) is 18.5 Å². The predicted molar refractivity (Wildman–Crippen MR) is 125 cm³/mol. The number of hydrogen-bond donors (Lipinski definition) is 2. The van der Waals surface area contributed by atoms with Gasteiger partial charge in [0.25, 0.3) is 0 Å². The van der Waals surface area contributed by atoms with Crippen LogP contribution in [0.3, 0.4) is 0 Å². The molecule has 1 spiro atoms. The van der Waals surface area contributed by atoms with E-state index in [4.69, 9.17) is 16.3 Å². The number of nitrogens with zero attached hydrogens (tertiary/aromatic N) is 2. The Hall–Kier alpha value is -1.99. The van der Waals surface area contributed by atoms with E-state index in [-0.39, 0.29) is 23.5 Å². The van der Waals surface area contributed by atoms with Gasteiger partial charge in [0, 0.05) is 31.4 Å². The molecule has 0 radical (unpaired) electrons. The molecule has 3 fully saturated rings. The third-order valence-electron chi connectivity index (χ3n) is 7.20. The van der Waals surface area contributed by atoms with Crippen LogP contribution < -0.4 is 10.2 Å². The number of halogens is 1. The van der Waals surface area contributed by atoms with Crippen LogP contribution in [0.25, 0.3) is 0 Å². The lowest BCUT2D eigenvalue weighted by atomic mass is 9.78. The van der Waals surface area contributed by atoms with Crippen molar-refractivity contribution >= 4 is 35.0 Å². The topological polar surface area (TPSA) is 82.1 Å². The van der Waals surface area contributed by atoms with Gasteiger partial charge in [0.2, 0.25) is 5.91 Å². The number of likely N-dealkylation sites (tertiary alicyclic amines) is 1. The highest BCUT2D eigenvalue weighted by atomic mass is 35.5. The van der Waals surface area contributed by atoms with Crippen LogP contribution >= 0.6 is 11.6 Å². The highest BCUT2D eigenvalue weighted by Crippen LogP contribution is 2.44. The average molecular weight is 464 g/mol. The lowest BCUT2D eigenvalue weighted by molar-refractivity contribution is -0.139. The monoisotopic (exact) mass is 463 g/mol. The zero-order valence-corrected chi connectivity index (χ0v) is 19.6. The van der Waals surface area contributed by atoms with Crippen LogP contribution in [0.4, 0.5) is 16.2 Å². The van der Waals surface area contributed by atoms with E-state index in [1.165, 1.54) is 0 Å². The molecule has 1 aromatic rings. The second-order valence-corrected chi connectivity index (χ2v) is 9.85. The molecule has 3 aliphatic rings. The Kier molecular flexibility index (Phi) is 7.15. The van der Waals surface area contributed by atoms with Crippen LogP contribution in [0.5, 0.6) is 0 Å². The van der Waals surface area contributed by atoms with Gasteiger partial charge in [0.1, 0.15) is 0 Å². The minimum Gasteiger partial charge on any atom is -0.449 e. The summed E-state index contributed by atoms with van der Waals surface area (Å²) >= 11 is 6.59. The van der Waals surface area contributed by atoms with Crippen molar-refractivity contribution in [2.45, 2.75) is 70.4 Å². The molecule has 2 aliphatic heterocycles. The zero-order valence-electron chi connectivity index (χ0n) is 18.8. The van der Waals surface area contributed by atoms with Crippen LogP contribution in [-0.4, -0.2) is 60.4 Å². The van der Waals surface area contributed by atoms with E-state index in [2.05, 4.69) is 15.1 Å². The first-order valence-electron chi connectivity index (χ1n) is 11.9. The van der Waals surface area contributed by atoms with Gasteiger partial charge in [0.15, 0.2) is 0 Å². The van der Waals surface area contributed by atoms with Crippen molar-refractivity contribution in [1.29, 1.82) is 0 Å².